The van der Waals surface area contributed by atoms with E-state index in [0.717, 1.165) is 5.56 Å². The number of aryl methyl sites for hydroxylation is 2. The minimum atomic E-state index is -4.15. The number of aromatic nitrogens is 5. The van der Waals surface area contributed by atoms with Gasteiger partial charge in [-0.1, -0.05) is 13.0 Å². The summed E-state index contributed by atoms with van der Waals surface area (Å²) in [4.78, 5) is 8.59. The molecule has 0 unspecified atom stereocenters. The number of rotatable bonds is 11. The molecule has 202 valence electrons. The lowest BCUT2D eigenvalue weighted by atomic mass is 10.0. The van der Waals surface area contributed by atoms with E-state index in [0.29, 0.717) is 34.5 Å². The first kappa shape index (κ1) is 27.1. The topological polar surface area (TPSA) is 154 Å². The van der Waals surface area contributed by atoms with Crippen molar-refractivity contribution in [3.63, 3.8) is 0 Å². The highest BCUT2D eigenvalue weighted by Gasteiger charge is 2.35. The zero-order valence-electron chi connectivity index (χ0n) is 21.7. The quantitative estimate of drug-likeness (QED) is 0.289. The molecule has 2 atom stereocenters. The van der Waals surface area contributed by atoms with Gasteiger partial charge in [-0.05, 0) is 50.1 Å². The van der Waals surface area contributed by atoms with Crippen LogP contribution in [0.2, 0.25) is 0 Å². The molecule has 2 N–H and O–H groups in total. The molecule has 0 spiro atoms. The van der Waals surface area contributed by atoms with Crippen molar-refractivity contribution in [2.45, 2.75) is 38.4 Å². The standard InChI is InChI=1S/C25H30N6O6S/c1-15-13-26-23(27-14-15)17(3)21(11-12-32)38(33,34)30-25-29-28-24(20-10-9-16(2)37-20)31(25)22-18(35-4)7-6-8-19(22)36-5/h6-10,13-14,17,21,32H,11-12H2,1-5H3,(H,29,30)/t17-,21+/m1/s1. The van der Waals surface area contributed by atoms with Crippen molar-refractivity contribution in [2.75, 3.05) is 25.5 Å². The van der Waals surface area contributed by atoms with Gasteiger partial charge in [0.2, 0.25) is 21.8 Å². The summed E-state index contributed by atoms with van der Waals surface area (Å²) in [6.07, 6.45) is 3.19. The molecule has 4 rings (SSSR count). The number of anilines is 1. The fourth-order valence-electron chi connectivity index (χ4n) is 4.14. The molecule has 0 aliphatic carbocycles. The van der Waals surface area contributed by atoms with E-state index in [1.165, 1.54) is 18.8 Å². The number of aliphatic hydroxyl groups is 1. The van der Waals surface area contributed by atoms with E-state index in [1.807, 2.05) is 6.92 Å². The molecule has 12 nitrogen and oxygen atoms in total. The molecule has 0 radical (unpaired) electrons. The first-order valence-corrected chi connectivity index (χ1v) is 13.4. The normalized spacial score (nSPS) is 13.2. The van der Waals surface area contributed by atoms with Gasteiger partial charge in [0.15, 0.2) is 5.76 Å². The number of hydrogen-bond acceptors (Lipinski definition) is 10. The average molecular weight is 543 g/mol. The molecule has 3 heterocycles. The third-order valence-corrected chi connectivity index (χ3v) is 7.97. The average Bonchev–Trinajstić information content (AvgIpc) is 3.51. The van der Waals surface area contributed by atoms with E-state index in [4.69, 9.17) is 13.9 Å². The number of ether oxygens (including phenoxy) is 2. The van der Waals surface area contributed by atoms with Gasteiger partial charge in [-0.3, -0.25) is 9.29 Å². The van der Waals surface area contributed by atoms with E-state index in [1.54, 1.807) is 56.6 Å². The summed E-state index contributed by atoms with van der Waals surface area (Å²) in [5.41, 5.74) is 1.22. The largest absolute Gasteiger partial charge is 0.494 e. The summed E-state index contributed by atoms with van der Waals surface area (Å²) < 4.78 is 48.5. The van der Waals surface area contributed by atoms with E-state index in [9.17, 15) is 13.5 Å². The van der Waals surface area contributed by atoms with Gasteiger partial charge in [0, 0.05) is 24.9 Å². The number of benzene rings is 1. The first-order chi connectivity index (χ1) is 18.2. The Bertz CT molecular complexity index is 1480. The highest BCUT2D eigenvalue weighted by molar-refractivity contribution is 7.93. The molecule has 13 heteroatoms. The molecular weight excluding hydrogens is 512 g/mol. The first-order valence-electron chi connectivity index (χ1n) is 11.8. The highest BCUT2D eigenvalue weighted by Crippen LogP contribution is 2.38. The molecule has 4 aromatic rings. The Morgan fingerprint density at radius 1 is 1.05 bits per heavy atom. The van der Waals surface area contributed by atoms with Gasteiger partial charge in [0.25, 0.3) is 0 Å². The number of hydrogen-bond donors (Lipinski definition) is 2. The van der Waals surface area contributed by atoms with Crippen molar-refractivity contribution < 1.29 is 27.4 Å². The van der Waals surface area contributed by atoms with Crippen molar-refractivity contribution in [3.05, 3.63) is 59.9 Å². The Labute approximate surface area is 220 Å². The fraction of sp³-hybridized carbons (Fsp3) is 0.360. The minimum absolute atomic E-state index is 0.0515. The highest BCUT2D eigenvalue weighted by atomic mass is 32.2. The Hall–Kier alpha value is -3.97. The summed E-state index contributed by atoms with van der Waals surface area (Å²) in [5.74, 6) is 1.61. The van der Waals surface area contributed by atoms with Gasteiger partial charge < -0.3 is 19.0 Å². The summed E-state index contributed by atoms with van der Waals surface area (Å²) >= 11 is 0. The SMILES string of the molecule is COc1cccc(OC)c1-n1c(NS(=O)(=O)[C@@H](CCO)[C@@H](C)c2ncc(C)cn2)nnc1-c1ccc(C)o1. The lowest BCUT2D eigenvalue weighted by molar-refractivity contribution is 0.280. The van der Waals surface area contributed by atoms with Gasteiger partial charge >= 0.3 is 0 Å². The molecule has 0 amide bonds. The maximum atomic E-state index is 13.8. The van der Waals surface area contributed by atoms with E-state index >= 15 is 0 Å². The third-order valence-electron chi connectivity index (χ3n) is 6.06. The number of nitrogens with zero attached hydrogens (tertiary/aromatic N) is 5. The van der Waals surface area contributed by atoms with Gasteiger partial charge in [0.1, 0.15) is 28.8 Å². The summed E-state index contributed by atoms with van der Waals surface area (Å²) in [5, 5.41) is 17.0. The summed E-state index contributed by atoms with van der Waals surface area (Å²) in [6, 6.07) is 8.63. The number of aliphatic hydroxyl groups excluding tert-OH is 1. The Balaban J connectivity index is 1.84. The van der Waals surface area contributed by atoms with Crippen molar-refractivity contribution in [1.29, 1.82) is 0 Å². The van der Waals surface area contributed by atoms with Crippen LogP contribution in [0.15, 0.2) is 47.1 Å². The molecule has 0 bridgehead atoms. The summed E-state index contributed by atoms with van der Waals surface area (Å²) in [7, 11) is -1.17. The zero-order chi connectivity index (χ0) is 27.4. The molecule has 0 aliphatic rings. The van der Waals surface area contributed by atoms with Crippen LogP contribution < -0.4 is 14.2 Å². The number of furan rings is 1. The van der Waals surface area contributed by atoms with Gasteiger partial charge in [0.05, 0.1) is 19.5 Å². The number of methoxy groups -OCH3 is 2. The predicted molar refractivity (Wildman–Crippen MR) is 140 cm³/mol. The molecule has 3 aromatic heterocycles. The molecule has 0 saturated heterocycles. The van der Waals surface area contributed by atoms with Crippen LogP contribution >= 0.6 is 0 Å². The minimum Gasteiger partial charge on any atom is -0.494 e. The predicted octanol–water partition coefficient (Wildman–Crippen LogP) is 3.25. The monoisotopic (exact) mass is 542 g/mol. The third kappa shape index (κ3) is 5.34. The lowest BCUT2D eigenvalue weighted by Gasteiger charge is -2.23. The molecular formula is C25H30N6O6S. The smallest absolute Gasteiger partial charge is 0.243 e. The Kier molecular flexibility index (Phi) is 7.97. The maximum absolute atomic E-state index is 13.8. The van der Waals surface area contributed by atoms with Gasteiger partial charge in [-0.15, -0.1) is 10.2 Å². The van der Waals surface area contributed by atoms with E-state index in [-0.39, 0.29) is 24.8 Å². The second kappa shape index (κ2) is 11.2. The number of para-hydroxylation sites is 1. The van der Waals surface area contributed by atoms with Crippen molar-refractivity contribution >= 4 is 16.0 Å². The van der Waals surface area contributed by atoms with Crippen LogP contribution in [0.5, 0.6) is 11.5 Å². The second-order valence-electron chi connectivity index (χ2n) is 8.71. The van der Waals surface area contributed by atoms with Gasteiger partial charge in [-0.2, -0.15) is 0 Å². The zero-order valence-corrected chi connectivity index (χ0v) is 22.6. The van der Waals surface area contributed by atoms with Crippen LogP contribution in [0.3, 0.4) is 0 Å². The molecule has 0 fully saturated rings. The Morgan fingerprint density at radius 3 is 2.26 bits per heavy atom. The molecule has 38 heavy (non-hydrogen) atoms. The fourth-order valence-corrected chi connectivity index (χ4v) is 5.75. The van der Waals surface area contributed by atoms with Gasteiger partial charge in [-0.25, -0.2) is 18.4 Å². The number of nitrogens with one attached hydrogen (secondary N) is 1. The van der Waals surface area contributed by atoms with Crippen LogP contribution in [0, 0.1) is 13.8 Å². The lowest BCUT2D eigenvalue weighted by Crippen LogP contribution is -2.34. The molecule has 1 aromatic carbocycles. The van der Waals surface area contributed by atoms with Crippen LogP contribution in [0.4, 0.5) is 5.95 Å². The maximum Gasteiger partial charge on any atom is 0.243 e. The van der Waals surface area contributed by atoms with Crippen LogP contribution in [0.1, 0.15) is 36.4 Å². The van der Waals surface area contributed by atoms with E-state index in [2.05, 4.69) is 24.9 Å². The van der Waals surface area contributed by atoms with Crippen LogP contribution in [-0.4, -0.2) is 64.3 Å². The van der Waals surface area contributed by atoms with Crippen molar-refractivity contribution in [3.8, 4) is 28.8 Å². The Morgan fingerprint density at radius 2 is 1.71 bits per heavy atom. The van der Waals surface area contributed by atoms with Crippen LogP contribution in [-0.2, 0) is 10.0 Å². The summed E-state index contributed by atoms with van der Waals surface area (Å²) in [6.45, 7) is 4.97. The van der Waals surface area contributed by atoms with E-state index < -0.39 is 21.2 Å². The molecule has 0 aliphatic heterocycles. The second-order valence-corrected chi connectivity index (χ2v) is 10.6. The number of sulfonamides is 1. The van der Waals surface area contributed by atoms with Crippen molar-refractivity contribution in [1.82, 2.24) is 24.7 Å². The van der Waals surface area contributed by atoms with Crippen molar-refractivity contribution in [2.24, 2.45) is 0 Å². The molecule has 0 saturated carbocycles. The van der Waals surface area contributed by atoms with Crippen LogP contribution in [0.25, 0.3) is 17.3 Å².